The standard InChI is InChI=1S/C18H18ClN3O/c1-20-7-6-17(14-9-15(19)12-22-11-14)23-18-4-2-3-13-10-21-8-5-16(13)18/h2-5,8-12,17,20H,6-7H2,1H3. The quantitative estimate of drug-likeness (QED) is 0.743. The van der Waals surface area contributed by atoms with E-state index in [9.17, 15) is 0 Å². The molecule has 2 heterocycles. The van der Waals surface area contributed by atoms with Crippen LogP contribution in [0.25, 0.3) is 10.8 Å². The molecule has 0 amide bonds. The largest absolute Gasteiger partial charge is 0.485 e. The van der Waals surface area contributed by atoms with Crippen molar-refractivity contribution in [3.63, 3.8) is 0 Å². The fraction of sp³-hybridized carbons (Fsp3) is 0.222. The Labute approximate surface area is 140 Å². The molecule has 0 radical (unpaired) electrons. The maximum atomic E-state index is 6.30. The molecule has 1 atom stereocenters. The van der Waals surface area contributed by atoms with Crippen LogP contribution in [-0.4, -0.2) is 23.6 Å². The van der Waals surface area contributed by atoms with Gasteiger partial charge in [0, 0.05) is 47.5 Å². The molecule has 0 aliphatic carbocycles. The van der Waals surface area contributed by atoms with Crippen molar-refractivity contribution >= 4 is 22.4 Å². The van der Waals surface area contributed by atoms with Crippen LogP contribution in [0, 0.1) is 0 Å². The number of hydrogen-bond acceptors (Lipinski definition) is 4. The van der Waals surface area contributed by atoms with Crippen LogP contribution in [-0.2, 0) is 0 Å². The lowest BCUT2D eigenvalue weighted by Crippen LogP contribution is -2.16. The minimum atomic E-state index is -0.118. The van der Waals surface area contributed by atoms with E-state index in [1.807, 2.05) is 43.6 Å². The van der Waals surface area contributed by atoms with E-state index in [0.717, 1.165) is 35.1 Å². The molecule has 1 N–H and O–H groups in total. The highest BCUT2D eigenvalue weighted by Gasteiger charge is 2.15. The van der Waals surface area contributed by atoms with Gasteiger partial charge in [0.1, 0.15) is 11.9 Å². The number of aromatic nitrogens is 2. The van der Waals surface area contributed by atoms with E-state index in [1.54, 1.807) is 18.6 Å². The Kier molecular flexibility index (Phi) is 5.05. The van der Waals surface area contributed by atoms with E-state index >= 15 is 0 Å². The molecular formula is C18H18ClN3O. The Morgan fingerprint density at radius 2 is 2.09 bits per heavy atom. The van der Waals surface area contributed by atoms with Gasteiger partial charge in [-0.15, -0.1) is 0 Å². The molecule has 0 saturated carbocycles. The third kappa shape index (κ3) is 3.78. The maximum Gasteiger partial charge on any atom is 0.128 e. The van der Waals surface area contributed by atoms with Gasteiger partial charge in [0.15, 0.2) is 0 Å². The van der Waals surface area contributed by atoms with Crippen LogP contribution in [0.5, 0.6) is 5.75 Å². The van der Waals surface area contributed by atoms with Gasteiger partial charge < -0.3 is 10.1 Å². The van der Waals surface area contributed by atoms with Gasteiger partial charge in [-0.05, 0) is 31.8 Å². The van der Waals surface area contributed by atoms with Gasteiger partial charge in [0.25, 0.3) is 0 Å². The molecule has 2 aromatic heterocycles. The fourth-order valence-electron chi connectivity index (χ4n) is 2.52. The predicted molar refractivity (Wildman–Crippen MR) is 92.9 cm³/mol. The summed E-state index contributed by atoms with van der Waals surface area (Å²) >= 11 is 6.08. The van der Waals surface area contributed by atoms with Crippen molar-refractivity contribution in [3.05, 3.63) is 65.7 Å². The van der Waals surface area contributed by atoms with Gasteiger partial charge >= 0.3 is 0 Å². The second kappa shape index (κ2) is 7.40. The highest BCUT2D eigenvalue weighted by Crippen LogP contribution is 2.31. The van der Waals surface area contributed by atoms with Crippen molar-refractivity contribution < 1.29 is 4.74 Å². The first-order valence-electron chi connectivity index (χ1n) is 7.52. The van der Waals surface area contributed by atoms with Gasteiger partial charge in [-0.2, -0.15) is 0 Å². The van der Waals surface area contributed by atoms with E-state index in [0.29, 0.717) is 5.02 Å². The molecule has 1 aromatic carbocycles. The Hall–Kier alpha value is -2.17. The van der Waals surface area contributed by atoms with Gasteiger partial charge in [0.05, 0.1) is 5.02 Å². The first kappa shape index (κ1) is 15.7. The lowest BCUT2D eigenvalue weighted by molar-refractivity contribution is 0.197. The van der Waals surface area contributed by atoms with Crippen LogP contribution >= 0.6 is 11.6 Å². The summed E-state index contributed by atoms with van der Waals surface area (Å²) in [5.74, 6) is 0.839. The predicted octanol–water partition coefficient (Wildman–Crippen LogP) is 4.01. The summed E-state index contributed by atoms with van der Waals surface area (Å²) in [6.07, 6.45) is 7.75. The molecular weight excluding hydrogens is 310 g/mol. The molecule has 0 bridgehead atoms. The summed E-state index contributed by atoms with van der Waals surface area (Å²) in [4.78, 5) is 8.33. The number of fused-ring (bicyclic) bond motifs is 1. The SMILES string of the molecule is CNCCC(Oc1cccc2cnccc12)c1cncc(Cl)c1. The number of nitrogens with one attached hydrogen (secondary N) is 1. The number of pyridine rings is 2. The average Bonchev–Trinajstić information content (AvgIpc) is 2.58. The normalized spacial score (nSPS) is 12.3. The smallest absolute Gasteiger partial charge is 0.128 e. The topological polar surface area (TPSA) is 47.0 Å². The minimum absolute atomic E-state index is 0.118. The Morgan fingerprint density at radius 1 is 1.17 bits per heavy atom. The zero-order valence-electron chi connectivity index (χ0n) is 12.9. The van der Waals surface area contributed by atoms with E-state index in [1.165, 1.54) is 0 Å². The van der Waals surface area contributed by atoms with Crippen LogP contribution in [0.4, 0.5) is 0 Å². The maximum absolute atomic E-state index is 6.30. The van der Waals surface area contributed by atoms with Crippen molar-refractivity contribution in [2.45, 2.75) is 12.5 Å². The number of ether oxygens (including phenoxy) is 1. The summed E-state index contributed by atoms with van der Waals surface area (Å²) < 4.78 is 6.30. The van der Waals surface area contributed by atoms with Crippen molar-refractivity contribution in [2.24, 2.45) is 0 Å². The van der Waals surface area contributed by atoms with Crippen LogP contribution < -0.4 is 10.1 Å². The number of rotatable bonds is 6. The Morgan fingerprint density at radius 3 is 2.91 bits per heavy atom. The Bertz CT molecular complexity index is 789. The molecule has 3 rings (SSSR count). The number of benzene rings is 1. The summed E-state index contributed by atoms with van der Waals surface area (Å²) in [6.45, 7) is 0.837. The number of nitrogens with zero attached hydrogens (tertiary/aromatic N) is 2. The highest BCUT2D eigenvalue weighted by atomic mass is 35.5. The number of hydrogen-bond donors (Lipinski definition) is 1. The highest BCUT2D eigenvalue weighted by molar-refractivity contribution is 6.30. The fourth-order valence-corrected chi connectivity index (χ4v) is 2.70. The van der Waals surface area contributed by atoms with E-state index in [-0.39, 0.29) is 6.10 Å². The second-order valence-electron chi connectivity index (χ2n) is 5.29. The van der Waals surface area contributed by atoms with E-state index < -0.39 is 0 Å². The third-order valence-corrected chi connectivity index (χ3v) is 3.87. The van der Waals surface area contributed by atoms with Crippen LogP contribution in [0.2, 0.25) is 5.02 Å². The lowest BCUT2D eigenvalue weighted by Gasteiger charge is -2.20. The van der Waals surface area contributed by atoms with Gasteiger partial charge in [-0.25, -0.2) is 0 Å². The monoisotopic (exact) mass is 327 g/mol. The molecule has 0 fully saturated rings. The molecule has 23 heavy (non-hydrogen) atoms. The summed E-state index contributed by atoms with van der Waals surface area (Å²) in [5, 5.41) is 5.88. The Balaban J connectivity index is 1.94. The molecule has 0 aliphatic heterocycles. The van der Waals surface area contributed by atoms with E-state index in [2.05, 4.69) is 15.3 Å². The molecule has 3 aromatic rings. The summed E-state index contributed by atoms with van der Waals surface area (Å²) in [6, 6.07) is 9.85. The summed E-state index contributed by atoms with van der Waals surface area (Å²) in [7, 11) is 1.93. The zero-order valence-corrected chi connectivity index (χ0v) is 13.6. The summed E-state index contributed by atoms with van der Waals surface area (Å²) in [5.41, 5.74) is 0.971. The van der Waals surface area contributed by atoms with Crippen molar-refractivity contribution in [3.8, 4) is 5.75 Å². The molecule has 0 spiro atoms. The van der Waals surface area contributed by atoms with Crippen LogP contribution in [0.3, 0.4) is 0 Å². The minimum Gasteiger partial charge on any atom is -0.485 e. The molecule has 5 heteroatoms. The molecule has 1 unspecified atom stereocenters. The van der Waals surface area contributed by atoms with Gasteiger partial charge in [-0.1, -0.05) is 23.7 Å². The first-order chi connectivity index (χ1) is 11.3. The van der Waals surface area contributed by atoms with Crippen molar-refractivity contribution in [2.75, 3.05) is 13.6 Å². The third-order valence-electron chi connectivity index (χ3n) is 3.66. The van der Waals surface area contributed by atoms with E-state index in [4.69, 9.17) is 16.3 Å². The number of halogens is 1. The average molecular weight is 328 g/mol. The zero-order chi connectivity index (χ0) is 16.1. The van der Waals surface area contributed by atoms with Crippen LogP contribution in [0.1, 0.15) is 18.1 Å². The molecule has 0 saturated heterocycles. The van der Waals surface area contributed by atoms with Gasteiger partial charge in [0.2, 0.25) is 0 Å². The second-order valence-corrected chi connectivity index (χ2v) is 5.72. The van der Waals surface area contributed by atoms with Crippen molar-refractivity contribution in [1.82, 2.24) is 15.3 Å². The molecule has 4 nitrogen and oxygen atoms in total. The van der Waals surface area contributed by atoms with Gasteiger partial charge in [-0.3, -0.25) is 9.97 Å². The first-order valence-corrected chi connectivity index (χ1v) is 7.90. The molecule has 0 aliphatic rings. The lowest BCUT2D eigenvalue weighted by atomic mass is 10.1. The molecule has 118 valence electrons. The van der Waals surface area contributed by atoms with Crippen LogP contribution in [0.15, 0.2) is 55.1 Å². The van der Waals surface area contributed by atoms with Crippen molar-refractivity contribution in [1.29, 1.82) is 0 Å².